The first-order chi connectivity index (χ1) is 9.38. The van der Waals surface area contributed by atoms with Crippen molar-refractivity contribution < 1.29 is 24.6 Å². The summed E-state index contributed by atoms with van der Waals surface area (Å²) in [5.74, 6) is -1.49. The van der Waals surface area contributed by atoms with Crippen LogP contribution in [0, 0.1) is 0 Å². The first kappa shape index (κ1) is 14.7. The smallest absolute Gasteiger partial charge is 0.353 e. The van der Waals surface area contributed by atoms with E-state index in [1.54, 1.807) is 4.90 Å². The van der Waals surface area contributed by atoms with E-state index in [2.05, 4.69) is 5.16 Å². The summed E-state index contributed by atoms with van der Waals surface area (Å²) in [5, 5.41) is 22.0. The standard InChI is InChI=1S/C12H19N3O5/c1-14(2)5-7-3-8(16)6-15(7)11(17)10-4-9(12(18)19)13-20-10/h7-8,10,16H,3-6H2,1-2H3,(H,18,19). The molecular weight excluding hydrogens is 266 g/mol. The second-order valence-electron chi connectivity index (χ2n) is 5.44. The molecule has 0 aromatic heterocycles. The number of likely N-dealkylation sites (tertiary alicyclic amines) is 1. The number of carbonyl (C=O) groups is 2. The minimum atomic E-state index is -1.17. The van der Waals surface area contributed by atoms with Crippen molar-refractivity contribution >= 4 is 17.6 Å². The number of aliphatic hydroxyl groups excluding tert-OH is 1. The number of oxime groups is 1. The fraction of sp³-hybridized carbons (Fsp3) is 0.750. The van der Waals surface area contributed by atoms with Crippen molar-refractivity contribution in [3.8, 4) is 0 Å². The second kappa shape index (κ2) is 5.76. The topological polar surface area (TPSA) is 103 Å². The minimum Gasteiger partial charge on any atom is -0.477 e. The van der Waals surface area contributed by atoms with Gasteiger partial charge < -0.3 is 24.9 Å². The zero-order valence-corrected chi connectivity index (χ0v) is 11.5. The summed E-state index contributed by atoms with van der Waals surface area (Å²) in [6.07, 6.45) is -0.958. The lowest BCUT2D eigenvalue weighted by molar-refractivity contribution is -0.143. The molecule has 2 heterocycles. The molecule has 0 spiro atoms. The summed E-state index contributed by atoms with van der Waals surface area (Å²) in [6, 6.07) is -0.0926. The quantitative estimate of drug-likeness (QED) is 0.668. The third kappa shape index (κ3) is 3.07. The van der Waals surface area contributed by atoms with Crippen molar-refractivity contribution in [2.24, 2.45) is 5.16 Å². The van der Waals surface area contributed by atoms with Crippen molar-refractivity contribution in [1.82, 2.24) is 9.80 Å². The highest BCUT2D eigenvalue weighted by Crippen LogP contribution is 2.23. The monoisotopic (exact) mass is 285 g/mol. The molecule has 8 heteroatoms. The molecule has 2 aliphatic rings. The zero-order valence-electron chi connectivity index (χ0n) is 11.5. The largest absolute Gasteiger partial charge is 0.477 e. The van der Waals surface area contributed by atoms with Gasteiger partial charge in [-0.3, -0.25) is 4.79 Å². The highest BCUT2D eigenvalue weighted by molar-refractivity contribution is 6.36. The number of amides is 1. The number of rotatable bonds is 4. The average Bonchev–Trinajstić information content (AvgIpc) is 2.94. The molecule has 0 saturated carbocycles. The van der Waals surface area contributed by atoms with E-state index in [0.717, 1.165) is 0 Å². The maximum atomic E-state index is 12.4. The first-order valence-electron chi connectivity index (χ1n) is 6.47. The summed E-state index contributed by atoms with van der Waals surface area (Å²) in [6.45, 7) is 0.891. The van der Waals surface area contributed by atoms with Crippen LogP contribution in [0.2, 0.25) is 0 Å². The van der Waals surface area contributed by atoms with E-state index in [-0.39, 0.29) is 30.6 Å². The SMILES string of the molecule is CN(C)CC1CC(O)CN1C(=O)C1CC(C(=O)O)=NO1. The van der Waals surface area contributed by atoms with Crippen LogP contribution < -0.4 is 0 Å². The number of β-amino-alcohol motifs (C(OH)–C–C–N with tert-alkyl or cyclic N) is 1. The maximum absolute atomic E-state index is 12.4. The summed E-state index contributed by atoms with van der Waals surface area (Å²) in [4.78, 5) is 31.5. The van der Waals surface area contributed by atoms with E-state index >= 15 is 0 Å². The van der Waals surface area contributed by atoms with Crippen LogP contribution in [0.25, 0.3) is 0 Å². The van der Waals surface area contributed by atoms with Crippen LogP contribution in [0.4, 0.5) is 0 Å². The van der Waals surface area contributed by atoms with Gasteiger partial charge >= 0.3 is 5.97 Å². The highest BCUT2D eigenvalue weighted by Gasteiger charge is 2.41. The number of carboxylic acid groups (broad SMARTS) is 1. The Morgan fingerprint density at radius 2 is 2.20 bits per heavy atom. The molecule has 1 fully saturated rings. The van der Waals surface area contributed by atoms with Gasteiger partial charge in [0.1, 0.15) is 0 Å². The molecule has 1 amide bonds. The van der Waals surface area contributed by atoms with Crippen LogP contribution in [0.3, 0.4) is 0 Å². The van der Waals surface area contributed by atoms with Crippen LogP contribution in [-0.2, 0) is 14.4 Å². The third-order valence-corrected chi connectivity index (χ3v) is 3.44. The molecule has 2 aliphatic heterocycles. The predicted octanol–water partition coefficient (Wildman–Crippen LogP) is -1.26. The fourth-order valence-corrected chi connectivity index (χ4v) is 2.58. The number of aliphatic carboxylic acids is 1. The lowest BCUT2D eigenvalue weighted by atomic mass is 10.1. The Hall–Kier alpha value is -1.67. The Kier molecular flexibility index (Phi) is 4.24. The average molecular weight is 285 g/mol. The van der Waals surface area contributed by atoms with Gasteiger partial charge in [0.05, 0.1) is 6.10 Å². The third-order valence-electron chi connectivity index (χ3n) is 3.44. The normalized spacial score (nSPS) is 29.5. The Labute approximate surface area is 116 Å². The van der Waals surface area contributed by atoms with E-state index in [1.807, 2.05) is 19.0 Å². The maximum Gasteiger partial charge on any atom is 0.353 e. The number of nitrogens with zero attached hydrogens (tertiary/aromatic N) is 3. The van der Waals surface area contributed by atoms with Gasteiger partial charge in [-0.1, -0.05) is 5.16 Å². The minimum absolute atomic E-state index is 0.0323. The summed E-state index contributed by atoms with van der Waals surface area (Å²) in [7, 11) is 3.79. The molecule has 0 aromatic rings. The van der Waals surface area contributed by atoms with Gasteiger partial charge in [-0.05, 0) is 20.5 Å². The molecule has 0 aromatic carbocycles. The van der Waals surface area contributed by atoms with Gasteiger partial charge in [0.15, 0.2) is 5.71 Å². The van der Waals surface area contributed by atoms with E-state index in [4.69, 9.17) is 9.94 Å². The zero-order chi connectivity index (χ0) is 14.9. The van der Waals surface area contributed by atoms with Gasteiger partial charge in [-0.25, -0.2) is 4.79 Å². The highest BCUT2D eigenvalue weighted by atomic mass is 16.6. The Balaban J connectivity index is 2.00. The lowest BCUT2D eigenvalue weighted by Gasteiger charge is -2.28. The van der Waals surface area contributed by atoms with Crippen molar-refractivity contribution in [3.63, 3.8) is 0 Å². The van der Waals surface area contributed by atoms with E-state index in [0.29, 0.717) is 13.0 Å². The molecule has 112 valence electrons. The summed E-state index contributed by atoms with van der Waals surface area (Å²) >= 11 is 0. The van der Waals surface area contributed by atoms with Crippen LogP contribution in [-0.4, -0.2) is 83.0 Å². The van der Waals surface area contributed by atoms with Crippen molar-refractivity contribution in [2.45, 2.75) is 31.1 Å². The number of hydrogen-bond donors (Lipinski definition) is 2. The summed E-state index contributed by atoms with van der Waals surface area (Å²) < 4.78 is 0. The molecule has 3 unspecified atom stereocenters. The van der Waals surface area contributed by atoms with E-state index in [9.17, 15) is 14.7 Å². The number of hydrogen-bond acceptors (Lipinski definition) is 6. The molecule has 20 heavy (non-hydrogen) atoms. The number of carbonyl (C=O) groups excluding carboxylic acids is 1. The molecule has 8 nitrogen and oxygen atoms in total. The predicted molar refractivity (Wildman–Crippen MR) is 69.2 cm³/mol. The number of likely N-dealkylation sites (N-methyl/N-ethyl adjacent to an activating group) is 1. The lowest BCUT2D eigenvalue weighted by Crippen LogP contribution is -2.46. The van der Waals surface area contributed by atoms with Crippen molar-refractivity contribution in [2.75, 3.05) is 27.2 Å². The van der Waals surface area contributed by atoms with Crippen molar-refractivity contribution in [3.05, 3.63) is 0 Å². The Bertz CT molecular complexity index is 437. The first-order valence-corrected chi connectivity index (χ1v) is 6.47. The molecular formula is C12H19N3O5. The Morgan fingerprint density at radius 3 is 2.75 bits per heavy atom. The molecule has 2 rings (SSSR count). The van der Waals surface area contributed by atoms with E-state index < -0.39 is 18.2 Å². The van der Waals surface area contributed by atoms with Crippen LogP contribution in [0.1, 0.15) is 12.8 Å². The fourth-order valence-electron chi connectivity index (χ4n) is 2.58. The molecule has 0 aliphatic carbocycles. The van der Waals surface area contributed by atoms with Gasteiger partial charge in [0.2, 0.25) is 6.10 Å². The Morgan fingerprint density at radius 1 is 1.50 bits per heavy atom. The summed E-state index contributed by atoms with van der Waals surface area (Å²) in [5.41, 5.74) is -0.146. The second-order valence-corrected chi connectivity index (χ2v) is 5.44. The van der Waals surface area contributed by atoms with Gasteiger partial charge in [0.25, 0.3) is 5.91 Å². The molecule has 0 radical (unpaired) electrons. The van der Waals surface area contributed by atoms with E-state index in [1.165, 1.54) is 0 Å². The van der Waals surface area contributed by atoms with Gasteiger partial charge in [-0.2, -0.15) is 0 Å². The molecule has 1 saturated heterocycles. The number of aliphatic hydroxyl groups is 1. The van der Waals surface area contributed by atoms with Crippen LogP contribution in [0.5, 0.6) is 0 Å². The number of carboxylic acids is 1. The van der Waals surface area contributed by atoms with Crippen LogP contribution >= 0.6 is 0 Å². The van der Waals surface area contributed by atoms with Gasteiger partial charge in [0, 0.05) is 25.6 Å². The molecule has 2 N–H and O–H groups in total. The van der Waals surface area contributed by atoms with Crippen molar-refractivity contribution in [1.29, 1.82) is 0 Å². The van der Waals surface area contributed by atoms with Gasteiger partial charge in [-0.15, -0.1) is 0 Å². The van der Waals surface area contributed by atoms with Crippen LogP contribution in [0.15, 0.2) is 5.16 Å². The molecule has 0 bridgehead atoms. The molecule has 3 atom stereocenters.